The molecule has 2 aliphatic rings. The Balaban J connectivity index is 1.32. The number of alkyl halides is 2. The summed E-state index contributed by atoms with van der Waals surface area (Å²) in [5.74, 6) is -1.58. The number of phenolic OH excluding ortho intramolecular Hbond substituents is 1. The highest BCUT2D eigenvalue weighted by atomic mass is 19.3. The Morgan fingerprint density at radius 2 is 1.71 bits per heavy atom. The third kappa shape index (κ3) is 7.06. The molecule has 0 spiro atoms. The molecule has 0 saturated carbocycles. The third-order valence-corrected chi connectivity index (χ3v) is 9.85. The molecule has 52 heavy (non-hydrogen) atoms. The molecule has 0 radical (unpaired) electrons. The summed E-state index contributed by atoms with van der Waals surface area (Å²) >= 11 is 0. The average Bonchev–Trinajstić information content (AvgIpc) is 3.70. The number of halogens is 3. The van der Waals surface area contributed by atoms with Crippen molar-refractivity contribution >= 4 is 23.2 Å². The summed E-state index contributed by atoms with van der Waals surface area (Å²) in [6, 6.07) is 19.0. The molecule has 1 atom stereocenters. The quantitative estimate of drug-likeness (QED) is 0.196. The molecule has 5 aromatic rings. The molecule has 0 bridgehead atoms. The van der Waals surface area contributed by atoms with Crippen LogP contribution in [0.15, 0.2) is 85.2 Å². The lowest BCUT2D eigenvalue weighted by molar-refractivity contribution is 0.0193. The van der Waals surface area contributed by atoms with E-state index in [4.69, 9.17) is 4.74 Å². The van der Waals surface area contributed by atoms with Crippen molar-refractivity contribution < 1.29 is 32.6 Å². The number of rotatable bonds is 9. The fourth-order valence-electron chi connectivity index (χ4n) is 7.23. The summed E-state index contributed by atoms with van der Waals surface area (Å²) in [6.07, 6.45) is 0.926. The van der Waals surface area contributed by atoms with E-state index < -0.39 is 24.7 Å². The van der Waals surface area contributed by atoms with Gasteiger partial charge in [-0.25, -0.2) is 13.2 Å². The molecule has 10 nitrogen and oxygen atoms in total. The first kappa shape index (κ1) is 35.0. The third-order valence-electron chi connectivity index (χ3n) is 9.85. The number of nitrogens with zero attached hydrogens (tertiary/aromatic N) is 6. The van der Waals surface area contributed by atoms with E-state index in [0.717, 1.165) is 24.2 Å². The predicted molar refractivity (Wildman–Crippen MR) is 189 cm³/mol. The molecule has 13 heteroatoms. The summed E-state index contributed by atoms with van der Waals surface area (Å²) in [5, 5.41) is 14.1. The van der Waals surface area contributed by atoms with Gasteiger partial charge in [-0.1, -0.05) is 24.3 Å². The molecule has 2 aromatic heterocycles. The second-order valence-corrected chi connectivity index (χ2v) is 13.2. The van der Waals surface area contributed by atoms with Crippen LogP contribution in [-0.4, -0.2) is 86.4 Å². The van der Waals surface area contributed by atoms with E-state index >= 15 is 4.39 Å². The molecule has 0 unspecified atom stereocenters. The van der Waals surface area contributed by atoms with E-state index in [-0.39, 0.29) is 45.8 Å². The highest BCUT2D eigenvalue weighted by Crippen LogP contribution is 2.36. The van der Waals surface area contributed by atoms with Crippen LogP contribution in [-0.2, 0) is 31.3 Å². The molecule has 1 N–H and O–H groups in total. The fourth-order valence-corrected chi connectivity index (χ4v) is 7.23. The van der Waals surface area contributed by atoms with Crippen LogP contribution in [0.5, 0.6) is 5.75 Å². The van der Waals surface area contributed by atoms with Crippen LogP contribution in [0.1, 0.15) is 37.5 Å². The molecule has 3 aromatic carbocycles. The van der Waals surface area contributed by atoms with Gasteiger partial charge in [0.25, 0.3) is 18.2 Å². The lowest BCUT2D eigenvalue weighted by atomic mass is 9.92. The maximum Gasteiger partial charge on any atom is 0.264 e. The summed E-state index contributed by atoms with van der Waals surface area (Å²) < 4.78 is 52.1. The van der Waals surface area contributed by atoms with Crippen LogP contribution in [0.4, 0.5) is 24.5 Å². The van der Waals surface area contributed by atoms with Crippen molar-refractivity contribution in [2.75, 3.05) is 37.7 Å². The van der Waals surface area contributed by atoms with Gasteiger partial charge in [0.15, 0.2) is 0 Å². The normalized spacial score (nSPS) is 16.3. The highest BCUT2D eigenvalue weighted by Gasteiger charge is 2.34. The largest absolute Gasteiger partial charge is 0.508 e. The van der Waals surface area contributed by atoms with E-state index in [9.17, 15) is 23.5 Å². The van der Waals surface area contributed by atoms with Crippen LogP contribution in [0, 0.1) is 12.7 Å². The summed E-state index contributed by atoms with van der Waals surface area (Å²) in [7, 11) is 1.69. The molecule has 1 fully saturated rings. The SMILES string of the molecule is Cc1c(C(=O)N(c2ccc(O)cc2)c2cnn(C)c2)cc(-c2cc(F)ccc2C(=O)N2Cc3ccccc3C[C@H]2CN2CCOCC2)n1CC(F)F. The fraction of sp³-hybridized carbons (Fsp3) is 0.308. The van der Waals surface area contributed by atoms with Gasteiger partial charge < -0.3 is 19.3 Å². The molecule has 7 rings (SSSR count). The molecule has 0 aliphatic carbocycles. The molecule has 2 aliphatic heterocycles. The van der Waals surface area contributed by atoms with Gasteiger partial charge in [0.2, 0.25) is 0 Å². The van der Waals surface area contributed by atoms with E-state index in [2.05, 4.69) is 16.1 Å². The molecular weight excluding hydrogens is 673 g/mol. The van der Waals surface area contributed by atoms with Gasteiger partial charge in [-0.3, -0.25) is 24.1 Å². The van der Waals surface area contributed by atoms with Crippen LogP contribution < -0.4 is 4.90 Å². The standard InChI is InChI=1S/C39H39F3N6O4/c1-25-34(39(51)48(31-20-43-44(2)22-31)29-8-10-32(49)11-9-29)19-36(46(25)24-37(41)42)35-18-28(40)7-12-33(35)38(50)47-21-27-6-4-3-5-26(27)17-30(47)23-45-13-15-52-16-14-45/h3-12,18-20,22,30,37,49H,13-17,21,23-24H2,1-2H3/t30-/m0/s1. The van der Waals surface area contributed by atoms with Gasteiger partial charge in [-0.2, -0.15) is 5.10 Å². The maximum atomic E-state index is 15.2. The Morgan fingerprint density at radius 3 is 2.40 bits per heavy atom. The number of carbonyl (C=O) groups is 2. The number of hydrogen-bond donors (Lipinski definition) is 1. The molecule has 270 valence electrons. The molecule has 1 saturated heterocycles. The number of fused-ring (bicyclic) bond motifs is 1. The minimum absolute atomic E-state index is 0.00318. The van der Waals surface area contributed by atoms with Gasteiger partial charge in [0, 0.05) is 68.0 Å². The monoisotopic (exact) mass is 712 g/mol. The number of aryl methyl sites for hydroxylation is 1. The first-order valence-electron chi connectivity index (χ1n) is 17.2. The summed E-state index contributed by atoms with van der Waals surface area (Å²) in [5.41, 5.74) is 3.61. The van der Waals surface area contributed by atoms with Crippen molar-refractivity contribution in [1.82, 2.24) is 24.1 Å². The summed E-state index contributed by atoms with van der Waals surface area (Å²) in [4.78, 5) is 34.6. The Bertz CT molecular complexity index is 2090. The van der Waals surface area contributed by atoms with E-state index in [1.165, 1.54) is 56.7 Å². The Labute approximate surface area is 299 Å². The van der Waals surface area contributed by atoms with E-state index in [1.54, 1.807) is 37.2 Å². The van der Waals surface area contributed by atoms with Gasteiger partial charge in [-0.15, -0.1) is 0 Å². The molecule has 4 heterocycles. The van der Waals surface area contributed by atoms with Gasteiger partial charge >= 0.3 is 0 Å². The topological polar surface area (TPSA) is 96.1 Å². The maximum absolute atomic E-state index is 15.2. The Hall–Kier alpha value is -5.40. The van der Waals surface area contributed by atoms with Crippen molar-refractivity contribution in [1.29, 1.82) is 0 Å². The van der Waals surface area contributed by atoms with Crippen molar-refractivity contribution in [2.45, 2.75) is 38.9 Å². The van der Waals surface area contributed by atoms with Gasteiger partial charge in [0.1, 0.15) is 11.6 Å². The number of benzene rings is 3. The number of carbonyl (C=O) groups excluding carboxylic acids is 2. The average molecular weight is 713 g/mol. The van der Waals surface area contributed by atoms with Crippen molar-refractivity contribution in [3.8, 4) is 17.0 Å². The minimum Gasteiger partial charge on any atom is -0.508 e. The zero-order chi connectivity index (χ0) is 36.5. The Kier molecular flexibility index (Phi) is 9.89. The lowest BCUT2D eigenvalue weighted by Gasteiger charge is -2.40. The van der Waals surface area contributed by atoms with Crippen LogP contribution in [0.2, 0.25) is 0 Å². The first-order chi connectivity index (χ1) is 25.1. The van der Waals surface area contributed by atoms with Gasteiger partial charge in [-0.05, 0) is 73.0 Å². The molecule has 2 amide bonds. The van der Waals surface area contributed by atoms with Crippen molar-refractivity contribution in [3.05, 3.63) is 119 Å². The number of ether oxygens (including phenoxy) is 1. The van der Waals surface area contributed by atoms with Crippen molar-refractivity contribution in [3.63, 3.8) is 0 Å². The zero-order valence-electron chi connectivity index (χ0n) is 28.9. The zero-order valence-corrected chi connectivity index (χ0v) is 28.9. The predicted octanol–water partition coefficient (Wildman–Crippen LogP) is 6.18. The number of aromatic nitrogens is 3. The first-order valence-corrected chi connectivity index (χ1v) is 17.2. The number of phenols is 1. The smallest absolute Gasteiger partial charge is 0.264 e. The van der Waals surface area contributed by atoms with Crippen LogP contribution in [0.3, 0.4) is 0 Å². The second kappa shape index (κ2) is 14.7. The van der Waals surface area contributed by atoms with E-state index in [1.807, 2.05) is 18.2 Å². The Morgan fingerprint density at radius 1 is 0.981 bits per heavy atom. The lowest BCUT2D eigenvalue weighted by Crippen LogP contribution is -2.52. The number of morpholine rings is 1. The minimum atomic E-state index is -2.82. The molecular formula is C39H39F3N6O4. The highest BCUT2D eigenvalue weighted by molar-refractivity contribution is 6.12. The second-order valence-electron chi connectivity index (χ2n) is 13.2. The number of anilines is 2. The van der Waals surface area contributed by atoms with Crippen LogP contribution in [0.25, 0.3) is 11.3 Å². The number of aromatic hydroxyl groups is 1. The summed E-state index contributed by atoms with van der Waals surface area (Å²) in [6.45, 7) is 4.38. The van der Waals surface area contributed by atoms with Gasteiger partial charge in [0.05, 0.1) is 42.9 Å². The number of hydrogen-bond acceptors (Lipinski definition) is 6. The number of amides is 2. The van der Waals surface area contributed by atoms with E-state index in [0.29, 0.717) is 44.1 Å². The van der Waals surface area contributed by atoms with Crippen LogP contribution >= 0.6 is 0 Å². The van der Waals surface area contributed by atoms with Crippen molar-refractivity contribution in [2.24, 2.45) is 7.05 Å².